The predicted octanol–water partition coefficient (Wildman–Crippen LogP) is 1.95. The molecule has 3 atom stereocenters. The second kappa shape index (κ2) is 6.74. The Bertz CT molecular complexity index is 307. The number of nitrogens with one attached hydrogen (secondary N) is 1. The summed E-state index contributed by atoms with van der Waals surface area (Å²) in [5.74, 6) is 0.238. The smallest absolute Gasteiger partial charge is 0.405 e. The molecule has 20 heavy (non-hydrogen) atoms. The monoisotopic (exact) mass is 288 g/mol. The first-order valence-electron chi connectivity index (χ1n) is 7.25. The van der Waals surface area contributed by atoms with Crippen molar-refractivity contribution in [1.82, 2.24) is 10.2 Å². The summed E-state index contributed by atoms with van der Waals surface area (Å²) in [4.78, 5) is 13.0. The largest absolute Gasteiger partial charge is 0.465 e. The topological polar surface area (TPSA) is 105 Å². The number of nitrogens with two attached hydrogens (primary N) is 2. The van der Waals surface area contributed by atoms with Crippen LogP contribution in [0, 0.1) is 11.8 Å². The molecule has 0 aliphatic rings. The molecule has 0 saturated carbocycles. The lowest BCUT2D eigenvalue weighted by molar-refractivity contribution is -0.0888. The Morgan fingerprint density at radius 1 is 1.15 bits per heavy atom. The summed E-state index contributed by atoms with van der Waals surface area (Å²) in [6, 6.07) is 0. The van der Waals surface area contributed by atoms with E-state index in [-0.39, 0.29) is 11.8 Å². The lowest BCUT2D eigenvalue weighted by Gasteiger charge is -2.54. The van der Waals surface area contributed by atoms with E-state index in [1.165, 1.54) is 0 Å². The molecule has 6 heteroatoms. The summed E-state index contributed by atoms with van der Waals surface area (Å²) in [5, 5.41) is 11.6. The highest BCUT2D eigenvalue weighted by atomic mass is 16.4. The van der Waals surface area contributed by atoms with E-state index < -0.39 is 23.6 Å². The Morgan fingerprint density at radius 3 is 1.70 bits per heavy atom. The quantitative estimate of drug-likeness (QED) is 0.536. The molecule has 0 aromatic heterocycles. The fourth-order valence-corrected chi connectivity index (χ4v) is 2.24. The van der Waals surface area contributed by atoms with Gasteiger partial charge in [0.05, 0.1) is 17.5 Å². The van der Waals surface area contributed by atoms with Gasteiger partial charge in [0.25, 0.3) is 0 Å². The Hall–Kier alpha value is -0.850. The molecule has 6 nitrogen and oxygen atoms in total. The van der Waals surface area contributed by atoms with Crippen LogP contribution in [0.25, 0.3) is 0 Å². The Kier molecular flexibility index (Phi) is 6.45. The van der Waals surface area contributed by atoms with Crippen LogP contribution >= 0.6 is 0 Å². The molecule has 0 aliphatic heterocycles. The summed E-state index contributed by atoms with van der Waals surface area (Å²) >= 11 is 0. The Balaban J connectivity index is 5.75. The molecule has 0 fully saturated rings. The van der Waals surface area contributed by atoms with E-state index in [2.05, 4.69) is 5.32 Å². The highest BCUT2D eigenvalue weighted by Gasteiger charge is 2.46. The minimum Gasteiger partial charge on any atom is -0.465 e. The molecule has 0 radical (unpaired) electrons. The average Bonchev–Trinajstić information content (AvgIpc) is 2.26. The third-order valence-corrected chi connectivity index (χ3v) is 4.36. The summed E-state index contributed by atoms with van der Waals surface area (Å²) in [5.41, 5.74) is 11.5. The van der Waals surface area contributed by atoms with Gasteiger partial charge in [0.2, 0.25) is 0 Å². The molecule has 0 heterocycles. The highest BCUT2D eigenvalue weighted by Crippen LogP contribution is 2.31. The summed E-state index contributed by atoms with van der Waals surface area (Å²) in [6.07, 6.45) is -0.908. The molecule has 0 aliphatic carbocycles. The standard InChI is InChI=1S/C14H32N4O2/c1-8-11(17-12(19)20)18(13(6,15)9(2)3)14(7,16)10(4)5/h9-11,17H,8,15-16H2,1-7H3,(H,19,20). The van der Waals surface area contributed by atoms with Gasteiger partial charge in [-0.3, -0.25) is 0 Å². The molecule has 0 rings (SSSR count). The van der Waals surface area contributed by atoms with Crippen LogP contribution < -0.4 is 16.8 Å². The number of carbonyl (C=O) groups is 1. The van der Waals surface area contributed by atoms with E-state index in [0.29, 0.717) is 6.42 Å². The van der Waals surface area contributed by atoms with E-state index >= 15 is 0 Å². The zero-order chi connectivity index (χ0) is 16.3. The van der Waals surface area contributed by atoms with Crippen molar-refractivity contribution in [3.05, 3.63) is 0 Å². The van der Waals surface area contributed by atoms with Crippen molar-refractivity contribution in [3.8, 4) is 0 Å². The van der Waals surface area contributed by atoms with Gasteiger partial charge in [0.15, 0.2) is 0 Å². The molecule has 120 valence electrons. The predicted molar refractivity (Wildman–Crippen MR) is 81.9 cm³/mol. The molecule has 0 bridgehead atoms. The fourth-order valence-electron chi connectivity index (χ4n) is 2.24. The number of hydrogen-bond donors (Lipinski definition) is 4. The first kappa shape index (κ1) is 19.1. The molecule has 6 N–H and O–H groups in total. The maximum absolute atomic E-state index is 11.0. The normalized spacial score (nSPS) is 19.8. The summed E-state index contributed by atoms with van der Waals surface area (Å²) in [7, 11) is 0. The highest BCUT2D eigenvalue weighted by molar-refractivity contribution is 5.64. The lowest BCUT2D eigenvalue weighted by atomic mass is 9.87. The number of hydrogen-bond acceptors (Lipinski definition) is 4. The molecular formula is C14H32N4O2. The minimum absolute atomic E-state index is 0.119. The van der Waals surface area contributed by atoms with Gasteiger partial charge in [-0.05, 0) is 32.1 Å². The second-order valence-corrected chi connectivity index (χ2v) is 6.50. The van der Waals surface area contributed by atoms with Gasteiger partial charge < -0.3 is 21.9 Å². The summed E-state index contributed by atoms with van der Waals surface area (Å²) in [6.45, 7) is 13.8. The van der Waals surface area contributed by atoms with E-state index in [0.717, 1.165) is 0 Å². The molecule has 0 aromatic carbocycles. The first-order valence-corrected chi connectivity index (χ1v) is 7.25. The van der Waals surface area contributed by atoms with Crippen molar-refractivity contribution in [1.29, 1.82) is 0 Å². The van der Waals surface area contributed by atoms with Crippen molar-refractivity contribution >= 4 is 6.09 Å². The van der Waals surface area contributed by atoms with Gasteiger partial charge in [-0.15, -0.1) is 0 Å². The minimum atomic E-state index is -1.07. The van der Waals surface area contributed by atoms with Gasteiger partial charge in [0, 0.05) is 0 Å². The number of rotatable bonds is 7. The van der Waals surface area contributed by atoms with Crippen LogP contribution in [0.2, 0.25) is 0 Å². The Morgan fingerprint density at radius 2 is 1.50 bits per heavy atom. The third-order valence-electron chi connectivity index (χ3n) is 4.36. The molecule has 0 aromatic rings. The van der Waals surface area contributed by atoms with Crippen LogP contribution in [0.1, 0.15) is 54.9 Å². The van der Waals surface area contributed by atoms with Crippen LogP contribution in [0.4, 0.5) is 4.79 Å². The van der Waals surface area contributed by atoms with Crippen molar-refractivity contribution in [2.75, 3.05) is 0 Å². The molecule has 3 unspecified atom stereocenters. The van der Waals surface area contributed by atoms with Crippen LogP contribution in [0.3, 0.4) is 0 Å². The Labute approximate surface area is 122 Å². The zero-order valence-electron chi connectivity index (χ0n) is 13.9. The van der Waals surface area contributed by atoms with E-state index in [9.17, 15) is 4.79 Å². The lowest BCUT2D eigenvalue weighted by Crippen LogP contribution is -2.75. The maximum Gasteiger partial charge on any atom is 0.405 e. The molecule has 0 saturated heterocycles. The van der Waals surface area contributed by atoms with E-state index in [1.807, 2.05) is 53.4 Å². The van der Waals surface area contributed by atoms with Crippen LogP contribution in [-0.2, 0) is 0 Å². The SMILES string of the molecule is CCC(NC(=O)O)N(C(C)(N)C(C)C)C(C)(N)C(C)C. The van der Waals surface area contributed by atoms with Gasteiger partial charge in [-0.2, -0.15) is 0 Å². The number of carboxylic acid groups (broad SMARTS) is 1. The van der Waals surface area contributed by atoms with Crippen LogP contribution in [0.5, 0.6) is 0 Å². The van der Waals surface area contributed by atoms with E-state index in [4.69, 9.17) is 16.6 Å². The van der Waals surface area contributed by atoms with Gasteiger partial charge >= 0.3 is 6.09 Å². The van der Waals surface area contributed by atoms with Crippen molar-refractivity contribution in [2.45, 2.75) is 72.4 Å². The average molecular weight is 288 g/mol. The fraction of sp³-hybridized carbons (Fsp3) is 0.929. The zero-order valence-corrected chi connectivity index (χ0v) is 13.9. The van der Waals surface area contributed by atoms with Crippen molar-refractivity contribution in [2.24, 2.45) is 23.3 Å². The van der Waals surface area contributed by atoms with Crippen LogP contribution in [-0.4, -0.2) is 33.6 Å². The van der Waals surface area contributed by atoms with Crippen LogP contribution in [0.15, 0.2) is 0 Å². The molecule has 0 spiro atoms. The number of amides is 1. The van der Waals surface area contributed by atoms with Gasteiger partial charge in [0.1, 0.15) is 0 Å². The summed E-state index contributed by atoms with van der Waals surface area (Å²) < 4.78 is 0. The van der Waals surface area contributed by atoms with Crippen molar-refractivity contribution < 1.29 is 9.90 Å². The first-order chi connectivity index (χ1) is 8.88. The van der Waals surface area contributed by atoms with Gasteiger partial charge in [-0.25, -0.2) is 9.69 Å². The molecule has 1 amide bonds. The van der Waals surface area contributed by atoms with Crippen molar-refractivity contribution in [3.63, 3.8) is 0 Å². The van der Waals surface area contributed by atoms with E-state index in [1.54, 1.807) is 0 Å². The molecular weight excluding hydrogens is 256 g/mol. The maximum atomic E-state index is 11.0. The third kappa shape index (κ3) is 4.07. The van der Waals surface area contributed by atoms with Gasteiger partial charge in [-0.1, -0.05) is 34.6 Å². The number of nitrogens with zero attached hydrogens (tertiary/aromatic N) is 1. The second-order valence-electron chi connectivity index (χ2n) is 6.50.